The third-order valence-electron chi connectivity index (χ3n) is 5.53. The van der Waals surface area contributed by atoms with Crippen molar-refractivity contribution in [1.29, 1.82) is 0 Å². The van der Waals surface area contributed by atoms with E-state index in [2.05, 4.69) is 10.4 Å². The summed E-state index contributed by atoms with van der Waals surface area (Å²) in [6, 6.07) is 17.8. The van der Waals surface area contributed by atoms with Crippen LogP contribution in [0, 0.1) is 0 Å². The summed E-state index contributed by atoms with van der Waals surface area (Å²) in [7, 11) is -3.28. The number of nitrogens with zero attached hydrogens (tertiary/aromatic N) is 3. The maximum absolute atomic E-state index is 13.4. The first-order valence-electron chi connectivity index (χ1n) is 10.7. The summed E-state index contributed by atoms with van der Waals surface area (Å²) in [6.07, 6.45) is 2.85. The van der Waals surface area contributed by atoms with Crippen molar-refractivity contribution in [3.8, 4) is 11.3 Å². The summed E-state index contributed by atoms with van der Waals surface area (Å²) in [5.74, 6) is -0.248. The lowest BCUT2D eigenvalue weighted by Gasteiger charge is -2.16. The van der Waals surface area contributed by atoms with E-state index >= 15 is 0 Å². The summed E-state index contributed by atoms with van der Waals surface area (Å²) >= 11 is 0. The molecule has 2 heterocycles. The number of hydrogen-bond donors (Lipinski definition) is 1. The van der Waals surface area contributed by atoms with Crippen LogP contribution in [0.25, 0.3) is 22.3 Å². The summed E-state index contributed by atoms with van der Waals surface area (Å²) < 4.78 is 25.2. The quantitative estimate of drug-likeness (QED) is 0.453. The predicted molar refractivity (Wildman–Crippen MR) is 129 cm³/mol. The fraction of sp³-hybridized carbons (Fsp3) is 0.240. The molecule has 1 N–H and O–H groups in total. The molecule has 0 aliphatic rings. The standard InChI is InChI=1S/C25H26N4O3S/c1-16(2)29-24-22(15-26-29)21(14-23(28-24)19-8-6-5-7-9-19)25(30)27-17(3)18-10-12-20(13-11-18)33(4,31)32/h5-17H,1-4H3,(H,27,30)/t17-/m1/s1. The molecule has 0 bridgehead atoms. The number of pyridine rings is 1. The second kappa shape index (κ2) is 8.78. The molecule has 8 heteroatoms. The maximum Gasteiger partial charge on any atom is 0.252 e. The van der Waals surface area contributed by atoms with E-state index in [1.807, 2.05) is 55.8 Å². The number of sulfone groups is 1. The van der Waals surface area contributed by atoms with Crippen molar-refractivity contribution in [3.05, 3.63) is 78.0 Å². The second-order valence-electron chi connectivity index (χ2n) is 8.38. The minimum Gasteiger partial charge on any atom is -0.345 e. The van der Waals surface area contributed by atoms with Gasteiger partial charge in [-0.1, -0.05) is 42.5 Å². The summed E-state index contributed by atoms with van der Waals surface area (Å²) in [6.45, 7) is 5.90. The summed E-state index contributed by atoms with van der Waals surface area (Å²) in [5.41, 5.74) is 3.56. The Kier molecular flexibility index (Phi) is 6.03. The number of rotatable bonds is 6. The smallest absolute Gasteiger partial charge is 0.252 e. The maximum atomic E-state index is 13.4. The Morgan fingerprint density at radius 1 is 1.00 bits per heavy atom. The Morgan fingerprint density at radius 2 is 1.67 bits per heavy atom. The largest absolute Gasteiger partial charge is 0.345 e. The van der Waals surface area contributed by atoms with Gasteiger partial charge < -0.3 is 5.32 Å². The van der Waals surface area contributed by atoms with Crippen LogP contribution in [0.2, 0.25) is 0 Å². The molecule has 0 saturated carbocycles. The minimum atomic E-state index is -3.28. The number of carbonyl (C=O) groups excluding carboxylic acids is 1. The number of hydrogen-bond acceptors (Lipinski definition) is 5. The van der Waals surface area contributed by atoms with Crippen LogP contribution in [0.5, 0.6) is 0 Å². The number of carbonyl (C=O) groups is 1. The van der Waals surface area contributed by atoms with Gasteiger partial charge in [0.05, 0.1) is 33.8 Å². The average Bonchev–Trinajstić information content (AvgIpc) is 3.23. The number of nitrogens with one attached hydrogen (secondary N) is 1. The molecular weight excluding hydrogens is 436 g/mol. The van der Waals surface area contributed by atoms with E-state index < -0.39 is 9.84 Å². The zero-order valence-electron chi connectivity index (χ0n) is 19.0. The van der Waals surface area contributed by atoms with Gasteiger partial charge in [0.2, 0.25) is 0 Å². The Balaban J connectivity index is 1.71. The minimum absolute atomic E-state index is 0.0872. The molecule has 0 saturated heterocycles. The van der Waals surface area contributed by atoms with Crippen molar-refractivity contribution in [2.45, 2.75) is 37.8 Å². The number of benzene rings is 2. The van der Waals surface area contributed by atoms with Crippen molar-refractivity contribution >= 4 is 26.8 Å². The van der Waals surface area contributed by atoms with Gasteiger partial charge in [-0.2, -0.15) is 5.10 Å². The van der Waals surface area contributed by atoms with Gasteiger partial charge in [0, 0.05) is 17.9 Å². The van der Waals surface area contributed by atoms with Crippen molar-refractivity contribution in [1.82, 2.24) is 20.1 Å². The van der Waals surface area contributed by atoms with Crippen molar-refractivity contribution in [2.24, 2.45) is 0 Å². The van der Waals surface area contributed by atoms with Crippen LogP contribution in [-0.2, 0) is 9.84 Å². The Bertz CT molecular complexity index is 1410. The van der Waals surface area contributed by atoms with E-state index in [4.69, 9.17) is 4.98 Å². The normalized spacial score (nSPS) is 12.8. The summed E-state index contributed by atoms with van der Waals surface area (Å²) in [5, 5.41) is 8.17. The number of amides is 1. The first-order valence-corrected chi connectivity index (χ1v) is 12.6. The van der Waals surface area contributed by atoms with Gasteiger partial charge in [-0.3, -0.25) is 4.79 Å². The first kappa shape index (κ1) is 22.7. The predicted octanol–water partition coefficient (Wildman–Crippen LogP) is 4.57. The zero-order chi connectivity index (χ0) is 23.8. The van der Waals surface area contributed by atoms with Gasteiger partial charge in [-0.15, -0.1) is 0 Å². The van der Waals surface area contributed by atoms with E-state index in [0.29, 0.717) is 22.3 Å². The fourth-order valence-electron chi connectivity index (χ4n) is 3.70. The Hall–Kier alpha value is -3.52. The lowest BCUT2D eigenvalue weighted by molar-refractivity contribution is 0.0941. The molecule has 0 unspecified atom stereocenters. The van der Waals surface area contributed by atoms with Gasteiger partial charge in [0.25, 0.3) is 5.91 Å². The van der Waals surface area contributed by atoms with Gasteiger partial charge in [-0.05, 0) is 44.5 Å². The molecule has 2 aromatic heterocycles. The highest BCUT2D eigenvalue weighted by Gasteiger charge is 2.20. The average molecular weight is 463 g/mol. The van der Waals surface area contributed by atoms with Gasteiger partial charge in [0.1, 0.15) is 0 Å². The van der Waals surface area contributed by atoms with Crippen LogP contribution in [0.1, 0.15) is 48.8 Å². The molecule has 1 atom stereocenters. The molecule has 4 aromatic rings. The van der Waals surface area contributed by atoms with Crippen LogP contribution in [-0.4, -0.2) is 35.3 Å². The zero-order valence-corrected chi connectivity index (χ0v) is 19.8. The van der Waals surface area contributed by atoms with Crippen LogP contribution in [0.3, 0.4) is 0 Å². The topological polar surface area (TPSA) is 94.0 Å². The van der Waals surface area contributed by atoms with E-state index in [0.717, 1.165) is 11.1 Å². The highest BCUT2D eigenvalue weighted by molar-refractivity contribution is 7.90. The van der Waals surface area contributed by atoms with E-state index in [9.17, 15) is 13.2 Å². The molecule has 0 spiro atoms. The molecule has 7 nitrogen and oxygen atoms in total. The third-order valence-corrected chi connectivity index (χ3v) is 6.65. The lowest BCUT2D eigenvalue weighted by atomic mass is 10.0. The third kappa shape index (κ3) is 4.66. The summed E-state index contributed by atoms with van der Waals surface area (Å²) in [4.78, 5) is 18.4. The molecule has 0 aliphatic heterocycles. The van der Waals surface area contributed by atoms with Crippen LogP contribution >= 0.6 is 0 Å². The molecule has 4 rings (SSSR count). The van der Waals surface area contributed by atoms with Crippen molar-refractivity contribution in [2.75, 3.05) is 6.26 Å². The Labute approximate surface area is 193 Å². The number of fused-ring (bicyclic) bond motifs is 1. The Morgan fingerprint density at radius 3 is 2.27 bits per heavy atom. The molecule has 2 aromatic carbocycles. The molecule has 0 radical (unpaired) electrons. The highest BCUT2D eigenvalue weighted by atomic mass is 32.2. The number of aromatic nitrogens is 3. The molecule has 0 fully saturated rings. The molecule has 1 amide bonds. The molecule has 0 aliphatic carbocycles. The first-order chi connectivity index (χ1) is 15.6. The second-order valence-corrected chi connectivity index (χ2v) is 10.4. The molecule has 33 heavy (non-hydrogen) atoms. The van der Waals surface area contributed by atoms with Crippen molar-refractivity contribution < 1.29 is 13.2 Å². The lowest BCUT2D eigenvalue weighted by Crippen LogP contribution is -2.27. The van der Waals surface area contributed by atoms with Crippen LogP contribution in [0.4, 0.5) is 0 Å². The molecule has 170 valence electrons. The highest BCUT2D eigenvalue weighted by Crippen LogP contribution is 2.27. The van der Waals surface area contributed by atoms with E-state index in [1.165, 1.54) is 6.26 Å². The van der Waals surface area contributed by atoms with Gasteiger partial charge in [0.15, 0.2) is 15.5 Å². The monoisotopic (exact) mass is 462 g/mol. The van der Waals surface area contributed by atoms with E-state index in [-0.39, 0.29) is 22.9 Å². The van der Waals surface area contributed by atoms with Gasteiger partial charge >= 0.3 is 0 Å². The SMILES string of the molecule is CC(C)n1ncc2c(C(=O)N[C@H](C)c3ccc(S(C)(=O)=O)cc3)cc(-c3ccccc3)nc21. The fourth-order valence-corrected chi connectivity index (χ4v) is 4.33. The van der Waals surface area contributed by atoms with E-state index in [1.54, 1.807) is 36.5 Å². The molecular formula is C25H26N4O3S. The van der Waals surface area contributed by atoms with Gasteiger partial charge in [-0.25, -0.2) is 18.1 Å². The van der Waals surface area contributed by atoms with Crippen molar-refractivity contribution in [3.63, 3.8) is 0 Å². The van der Waals surface area contributed by atoms with Crippen LogP contribution in [0.15, 0.2) is 71.8 Å². The van der Waals surface area contributed by atoms with Crippen LogP contribution < -0.4 is 5.32 Å².